The third-order valence-corrected chi connectivity index (χ3v) is 2.28. The number of nitrogens with one attached hydrogen (secondary N) is 1. The van der Waals surface area contributed by atoms with Crippen molar-refractivity contribution in [3.8, 4) is 6.07 Å². The van der Waals surface area contributed by atoms with Crippen molar-refractivity contribution in [1.82, 2.24) is 10.3 Å². The first-order chi connectivity index (χ1) is 8.06. The highest BCUT2D eigenvalue weighted by Crippen LogP contribution is 2.10. The van der Waals surface area contributed by atoms with Crippen molar-refractivity contribution in [2.75, 3.05) is 13.6 Å². The van der Waals surface area contributed by atoms with Gasteiger partial charge in [-0.3, -0.25) is 15.1 Å². The van der Waals surface area contributed by atoms with Crippen LogP contribution in [0.15, 0.2) is 16.7 Å². The number of hydrogen-bond donors (Lipinski definition) is 2. The number of nitrogens with zero attached hydrogens (tertiary/aromatic N) is 2. The molecule has 1 unspecified atom stereocenters. The molecule has 1 atom stereocenters. The maximum atomic E-state index is 11.2. The Morgan fingerprint density at radius 3 is 3.06 bits per heavy atom. The van der Waals surface area contributed by atoms with Crippen molar-refractivity contribution in [2.45, 2.75) is 13.5 Å². The highest BCUT2D eigenvalue weighted by atomic mass is 16.3. The number of furan rings is 1. The molecule has 1 rings (SSSR count). The van der Waals surface area contributed by atoms with Gasteiger partial charge >= 0.3 is 0 Å². The van der Waals surface area contributed by atoms with E-state index < -0.39 is 0 Å². The van der Waals surface area contributed by atoms with E-state index in [-0.39, 0.29) is 11.8 Å². The van der Waals surface area contributed by atoms with Gasteiger partial charge in [0.05, 0.1) is 24.1 Å². The average molecular weight is 236 g/mol. The number of carbonyl (C=O) groups excluding carboxylic acids is 1. The molecule has 1 amide bonds. The van der Waals surface area contributed by atoms with Crippen LogP contribution in [0.1, 0.15) is 23.0 Å². The molecule has 0 bridgehead atoms. The van der Waals surface area contributed by atoms with Gasteiger partial charge in [0.15, 0.2) is 0 Å². The number of hydrogen-bond acceptors (Lipinski definition) is 5. The van der Waals surface area contributed by atoms with Gasteiger partial charge in [0, 0.05) is 6.54 Å². The van der Waals surface area contributed by atoms with E-state index in [1.54, 1.807) is 6.07 Å². The second-order valence-corrected chi connectivity index (χ2v) is 4.00. The minimum Gasteiger partial charge on any atom is -0.467 e. The molecule has 0 aromatic carbocycles. The first kappa shape index (κ1) is 13.2. The van der Waals surface area contributed by atoms with Crippen LogP contribution in [-0.2, 0) is 6.54 Å². The predicted molar refractivity (Wildman–Crippen MR) is 61.5 cm³/mol. The fourth-order valence-electron chi connectivity index (χ4n) is 1.50. The van der Waals surface area contributed by atoms with Crippen LogP contribution in [0.5, 0.6) is 0 Å². The van der Waals surface area contributed by atoms with E-state index in [9.17, 15) is 4.79 Å². The summed E-state index contributed by atoms with van der Waals surface area (Å²) < 4.78 is 5.23. The van der Waals surface area contributed by atoms with Gasteiger partial charge in [0.25, 0.3) is 5.91 Å². The molecular weight excluding hydrogens is 220 g/mol. The SMILES string of the molecule is CC(C#N)CN(C)Cc1cc(C(=O)NN)co1. The van der Waals surface area contributed by atoms with E-state index >= 15 is 0 Å². The number of nitrogen functional groups attached to an aromatic ring is 1. The van der Waals surface area contributed by atoms with Gasteiger partial charge in [-0.15, -0.1) is 0 Å². The molecule has 17 heavy (non-hydrogen) atoms. The Balaban J connectivity index is 2.55. The van der Waals surface area contributed by atoms with Crippen molar-refractivity contribution in [3.05, 3.63) is 23.7 Å². The first-order valence-corrected chi connectivity index (χ1v) is 5.23. The second-order valence-electron chi connectivity index (χ2n) is 4.00. The summed E-state index contributed by atoms with van der Waals surface area (Å²) in [4.78, 5) is 13.1. The summed E-state index contributed by atoms with van der Waals surface area (Å²) in [6, 6.07) is 3.80. The number of hydrazine groups is 1. The van der Waals surface area contributed by atoms with E-state index in [4.69, 9.17) is 15.5 Å². The third kappa shape index (κ3) is 3.90. The summed E-state index contributed by atoms with van der Waals surface area (Å²) >= 11 is 0. The zero-order chi connectivity index (χ0) is 12.8. The molecule has 0 saturated carbocycles. The molecule has 1 aromatic heterocycles. The number of rotatable bonds is 5. The first-order valence-electron chi connectivity index (χ1n) is 5.23. The summed E-state index contributed by atoms with van der Waals surface area (Å²) in [5.41, 5.74) is 2.43. The third-order valence-electron chi connectivity index (χ3n) is 2.28. The molecule has 3 N–H and O–H groups in total. The maximum Gasteiger partial charge on any atom is 0.268 e. The number of amides is 1. The molecule has 0 aliphatic rings. The minimum atomic E-state index is -0.381. The van der Waals surface area contributed by atoms with Crippen LogP contribution < -0.4 is 11.3 Å². The van der Waals surface area contributed by atoms with E-state index in [0.29, 0.717) is 24.4 Å². The summed E-state index contributed by atoms with van der Waals surface area (Å²) in [6.07, 6.45) is 1.36. The second kappa shape index (κ2) is 6.03. The molecule has 92 valence electrons. The molecule has 0 aliphatic heterocycles. The van der Waals surface area contributed by atoms with E-state index in [1.807, 2.05) is 24.3 Å². The quantitative estimate of drug-likeness (QED) is 0.440. The van der Waals surface area contributed by atoms with Gasteiger partial charge in [-0.1, -0.05) is 0 Å². The van der Waals surface area contributed by atoms with Crippen LogP contribution >= 0.6 is 0 Å². The van der Waals surface area contributed by atoms with Crippen molar-refractivity contribution in [1.29, 1.82) is 5.26 Å². The Morgan fingerprint density at radius 2 is 2.47 bits per heavy atom. The molecule has 0 spiro atoms. The fraction of sp³-hybridized carbons (Fsp3) is 0.455. The van der Waals surface area contributed by atoms with E-state index in [1.165, 1.54) is 6.26 Å². The van der Waals surface area contributed by atoms with Crippen molar-refractivity contribution < 1.29 is 9.21 Å². The lowest BCUT2D eigenvalue weighted by molar-refractivity contribution is 0.0953. The monoisotopic (exact) mass is 236 g/mol. The van der Waals surface area contributed by atoms with Gasteiger partial charge in [0.2, 0.25) is 0 Å². The van der Waals surface area contributed by atoms with Crippen LogP contribution in [0, 0.1) is 17.2 Å². The van der Waals surface area contributed by atoms with Gasteiger partial charge in [-0.25, -0.2) is 5.84 Å². The van der Waals surface area contributed by atoms with Gasteiger partial charge in [0.1, 0.15) is 12.0 Å². The van der Waals surface area contributed by atoms with Gasteiger partial charge < -0.3 is 4.42 Å². The lowest BCUT2D eigenvalue weighted by Crippen LogP contribution is -2.29. The average Bonchev–Trinajstić information content (AvgIpc) is 2.76. The Morgan fingerprint density at radius 1 is 1.76 bits per heavy atom. The van der Waals surface area contributed by atoms with Crippen molar-refractivity contribution >= 4 is 5.91 Å². The topological polar surface area (TPSA) is 95.3 Å². The summed E-state index contributed by atoms with van der Waals surface area (Å²) in [5.74, 6) is 5.25. The molecule has 1 aromatic rings. The molecule has 0 aliphatic carbocycles. The fourth-order valence-corrected chi connectivity index (χ4v) is 1.50. The number of nitrogens with two attached hydrogens (primary N) is 1. The normalized spacial score (nSPS) is 12.2. The number of carbonyl (C=O) groups is 1. The molecule has 0 saturated heterocycles. The largest absolute Gasteiger partial charge is 0.467 e. The van der Waals surface area contributed by atoms with Crippen molar-refractivity contribution in [2.24, 2.45) is 11.8 Å². The zero-order valence-electron chi connectivity index (χ0n) is 9.93. The molecular formula is C11H16N4O2. The lowest BCUT2D eigenvalue weighted by atomic mass is 10.2. The van der Waals surface area contributed by atoms with Gasteiger partial charge in [-0.2, -0.15) is 5.26 Å². The Labute approximate surface area is 100.0 Å². The molecule has 6 nitrogen and oxygen atoms in total. The summed E-state index contributed by atoms with van der Waals surface area (Å²) in [5, 5.41) is 8.69. The Hall–Kier alpha value is -1.84. The highest BCUT2D eigenvalue weighted by molar-refractivity contribution is 5.93. The highest BCUT2D eigenvalue weighted by Gasteiger charge is 2.11. The smallest absolute Gasteiger partial charge is 0.268 e. The molecule has 1 heterocycles. The summed E-state index contributed by atoms with van der Waals surface area (Å²) in [6.45, 7) is 3.05. The van der Waals surface area contributed by atoms with Crippen LogP contribution in [0.4, 0.5) is 0 Å². The summed E-state index contributed by atoms with van der Waals surface area (Å²) in [7, 11) is 1.89. The Kier molecular flexibility index (Phi) is 4.69. The zero-order valence-corrected chi connectivity index (χ0v) is 9.93. The van der Waals surface area contributed by atoms with Crippen LogP contribution in [0.25, 0.3) is 0 Å². The molecule has 6 heteroatoms. The molecule has 0 fully saturated rings. The Bertz CT molecular complexity index is 421. The van der Waals surface area contributed by atoms with Crippen molar-refractivity contribution in [3.63, 3.8) is 0 Å². The van der Waals surface area contributed by atoms with Gasteiger partial charge in [-0.05, 0) is 20.0 Å². The lowest BCUT2D eigenvalue weighted by Gasteiger charge is -2.15. The molecule has 0 radical (unpaired) electrons. The standard InChI is InChI=1S/C11H16N4O2/c1-8(4-12)5-15(2)6-10-3-9(7-17-10)11(16)14-13/h3,7-8H,5-6,13H2,1-2H3,(H,14,16). The van der Waals surface area contributed by atoms with E-state index in [2.05, 4.69) is 6.07 Å². The predicted octanol–water partition coefficient (Wildman–Crippen LogP) is 0.475. The van der Waals surface area contributed by atoms with Crippen LogP contribution in [-0.4, -0.2) is 24.4 Å². The minimum absolute atomic E-state index is 0.0400. The maximum absolute atomic E-state index is 11.2. The number of nitriles is 1. The van der Waals surface area contributed by atoms with Crippen LogP contribution in [0.2, 0.25) is 0 Å². The van der Waals surface area contributed by atoms with Crippen LogP contribution in [0.3, 0.4) is 0 Å². The van der Waals surface area contributed by atoms with E-state index in [0.717, 1.165) is 0 Å².